The number of hydrogen-bond acceptors (Lipinski definition) is 4. The van der Waals surface area contributed by atoms with Crippen molar-refractivity contribution < 1.29 is 19.8 Å². The summed E-state index contributed by atoms with van der Waals surface area (Å²) in [7, 11) is 0. The maximum atomic E-state index is 14.0. The summed E-state index contributed by atoms with van der Waals surface area (Å²) in [6.07, 6.45) is 8.14. The normalized spacial score (nSPS) is 42.9. The van der Waals surface area contributed by atoms with Gasteiger partial charge >= 0.3 is 0 Å². The van der Waals surface area contributed by atoms with E-state index in [1.165, 1.54) is 0 Å². The van der Waals surface area contributed by atoms with Crippen molar-refractivity contribution in [3.8, 4) is 0 Å². The van der Waals surface area contributed by atoms with Gasteiger partial charge in [0.1, 0.15) is 0 Å². The van der Waals surface area contributed by atoms with Crippen LogP contribution in [0.4, 0.5) is 0 Å². The highest BCUT2D eigenvalue weighted by Crippen LogP contribution is 2.71. The number of allylic oxidation sites excluding steroid dienone is 3. The quantitative estimate of drug-likeness (QED) is 0.497. The molecule has 2 fully saturated rings. The number of aliphatic hydroxyl groups excluding tert-OH is 2. The molecule has 0 radical (unpaired) electrons. The van der Waals surface area contributed by atoms with E-state index >= 15 is 0 Å². The third kappa shape index (κ3) is 3.45. The number of hydrogen-bond donors (Lipinski definition) is 2. The Labute approximate surface area is 206 Å². The molecule has 2 saturated carbocycles. The highest BCUT2D eigenvalue weighted by molar-refractivity contribution is 6.11. The Kier molecular flexibility index (Phi) is 6.38. The SMILES string of the molecule is C/C(=C\CC[C@@H](C)[C@H]1CC[C@@]2(C)C3=C(C(=O)C[C@]12C)[C@@]1(C)CC[C@H](O)C(C)(C)[C@@H]1CC3=O)CO. The summed E-state index contributed by atoms with van der Waals surface area (Å²) < 4.78 is 0. The van der Waals surface area contributed by atoms with Gasteiger partial charge in [0, 0.05) is 34.8 Å². The maximum absolute atomic E-state index is 14.0. The molecule has 0 aromatic carbocycles. The first-order chi connectivity index (χ1) is 15.7. The molecular weight excluding hydrogens is 424 g/mol. The molecule has 0 aromatic heterocycles. The molecule has 190 valence electrons. The van der Waals surface area contributed by atoms with Gasteiger partial charge in [-0.15, -0.1) is 0 Å². The van der Waals surface area contributed by atoms with Gasteiger partial charge in [0.2, 0.25) is 0 Å². The molecule has 0 saturated heterocycles. The fourth-order valence-corrected chi connectivity index (χ4v) is 8.96. The molecule has 34 heavy (non-hydrogen) atoms. The zero-order chi connectivity index (χ0) is 25.3. The molecule has 2 N–H and O–H groups in total. The van der Waals surface area contributed by atoms with Crippen LogP contribution >= 0.6 is 0 Å². The van der Waals surface area contributed by atoms with E-state index < -0.39 is 6.10 Å². The molecule has 4 aliphatic rings. The van der Waals surface area contributed by atoms with Gasteiger partial charge in [-0.2, -0.15) is 0 Å². The van der Waals surface area contributed by atoms with Crippen LogP contribution in [0, 0.1) is 39.4 Å². The van der Waals surface area contributed by atoms with E-state index in [0.717, 1.165) is 48.8 Å². The van der Waals surface area contributed by atoms with Crippen LogP contribution in [-0.4, -0.2) is 34.5 Å². The molecule has 0 spiro atoms. The molecule has 0 unspecified atom stereocenters. The second-order valence-electron chi connectivity index (χ2n) is 13.5. The van der Waals surface area contributed by atoms with Gasteiger partial charge in [0.05, 0.1) is 12.7 Å². The minimum Gasteiger partial charge on any atom is -0.393 e. The summed E-state index contributed by atoms with van der Waals surface area (Å²) in [4.78, 5) is 27.9. The Bertz CT molecular complexity index is 941. The maximum Gasteiger partial charge on any atom is 0.160 e. The van der Waals surface area contributed by atoms with Crippen LogP contribution in [0.1, 0.15) is 99.8 Å². The number of aliphatic hydroxyl groups is 2. The molecule has 7 atom stereocenters. The Morgan fingerprint density at radius 3 is 2.38 bits per heavy atom. The number of ketones is 2. The second-order valence-corrected chi connectivity index (χ2v) is 13.5. The van der Waals surface area contributed by atoms with Crippen LogP contribution in [0.5, 0.6) is 0 Å². The third-order valence-corrected chi connectivity index (χ3v) is 11.4. The van der Waals surface area contributed by atoms with E-state index in [4.69, 9.17) is 0 Å². The van der Waals surface area contributed by atoms with Crippen LogP contribution in [0.3, 0.4) is 0 Å². The topological polar surface area (TPSA) is 74.6 Å². The lowest BCUT2D eigenvalue weighted by atomic mass is 9.43. The Hall–Kier alpha value is -1.26. The van der Waals surface area contributed by atoms with Gasteiger partial charge in [-0.05, 0) is 74.0 Å². The van der Waals surface area contributed by atoms with E-state index in [1.807, 2.05) is 6.92 Å². The van der Waals surface area contributed by atoms with E-state index in [9.17, 15) is 19.8 Å². The number of carbonyl (C=O) groups is 2. The fraction of sp³-hybridized carbons (Fsp3) is 0.800. The average molecular weight is 471 g/mol. The number of rotatable bonds is 5. The summed E-state index contributed by atoms with van der Waals surface area (Å²) in [5, 5.41) is 20.1. The van der Waals surface area contributed by atoms with Crippen molar-refractivity contribution in [2.24, 2.45) is 39.4 Å². The van der Waals surface area contributed by atoms with Crippen molar-refractivity contribution in [2.45, 2.75) is 106 Å². The van der Waals surface area contributed by atoms with Crippen molar-refractivity contribution in [3.05, 3.63) is 22.8 Å². The Balaban J connectivity index is 1.73. The molecule has 0 bridgehead atoms. The van der Waals surface area contributed by atoms with Gasteiger partial charge in [0.15, 0.2) is 11.6 Å². The summed E-state index contributed by atoms with van der Waals surface area (Å²) in [5.74, 6) is 1.22. The van der Waals surface area contributed by atoms with E-state index in [0.29, 0.717) is 31.1 Å². The molecule has 0 heterocycles. The molecule has 4 aliphatic carbocycles. The molecule has 0 aliphatic heterocycles. The third-order valence-electron chi connectivity index (χ3n) is 11.4. The average Bonchev–Trinajstić information content (AvgIpc) is 3.03. The van der Waals surface area contributed by atoms with E-state index in [2.05, 4.69) is 47.6 Å². The molecule has 0 aromatic rings. The van der Waals surface area contributed by atoms with Gasteiger partial charge in [0.25, 0.3) is 0 Å². The van der Waals surface area contributed by atoms with Crippen molar-refractivity contribution in [1.82, 2.24) is 0 Å². The van der Waals surface area contributed by atoms with E-state index in [-0.39, 0.29) is 45.8 Å². The molecule has 0 amide bonds. The highest BCUT2D eigenvalue weighted by atomic mass is 16.3. The first-order valence-corrected chi connectivity index (χ1v) is 13.5. The van der Waals surface area contributed by atoms with Gasteiger partial charge in [-0.1, -0.05) is 53.2 Å². The number of carbonyl (C=O) groups excluding carboxylic acids is 2. The lowest BCUT2D eigenvalue weighted by Gasteiger charge is -2.60. The van der Waals surface area contributed by atoms with Crippen molar-refractivity contribution >= 4 is 11.6 Å². The van der Waals surface area contributed by atoms with Crippen LogP contribution in [0.2, 0.25) is 0 Å². The molecule has 4 rings (SSSR count). The van der Waals surface area contributed by atoms with Gasteiger partial charge in [-0.25, -0.2) is 0 Å². The molecule has 4 nitrogen and oxygen atoms in total. The summed E-state index contributed by atoms with van der Waals surface area (Å²) >= 11 is 0. The minimum atomic E-state index is -0.430. The Morgan fingerprint density at radius 1 is 1.06 bits per heavy atom. The predicted molar refractivity (Wildman–Crippen MR) is 135 cm³/mol. The number of fused-ring (bicyclic) bond motifs is 4. The van der Waals surface area contributed by atoms with Crippen molar-refractivity contribution in [2.75, 3.05) is 6.61 Å². The summed E-state index contributed by atoms with van der Waals surface area (Å²) in [6, 6.07) is 0. The summed E-state index contributed by atoms with van der Waals surface area (Å²) in [5.41, 5.74) is 1.53. The largest absolute Gasteiger partial charge is 0.393 e. The van der Waals surface area contributed by atoms with Crippen LogP contribution in [-0.2, 0) is 9.59 Å². The monoisotopic (exact) mass is 470 g/mol. The minimum absolute atomic E-state index is 0.00424. The molecule has 4 heteroatoms. The van der Waals surface area contributed by atoms with Gasteiger partial charge in [-0.3, -0.25) is 9.59 Å². The van der Waals surface area contributed by atoms with Crippen LogP contribution in [0.25, 0.3) is 0 Å². The fourth-order valence-electron chi connectivity index (χ4n) is 8.96. The number of Topliss-reactive ketones (excluding diaryl/α,β-unsaturated/α-hetero) is 2. The second kappa shape index (κ2) is 8.40. The highest BCUT2D eigenvalue weighted by Gasteiger charge is 2.67. The zero-order valence-electron chi connectivity index (χ0n) is 22.5. The lowest BCUT2D eigenvalue weighted by Crippen LogP contribution is -2.59. The van der Waals surface area contributed by atoms with E-state index in [1.54, 1.807) is 0 Å². The first kappa shape index (κ1) is 25.8. The van der Waals surface area contributed by atoms with Crippen LogP contribution < -0.4 is 0 Å². The predicted octanol–water partition coefficient (Wildman–Crippen LogP) is 5.81. The van der Waals surface area contributed by atoms with Gasteiger partial charge < -0.3 is 10.2 Å². The Morgan fingerprint density at radius 2 is 1.74 bits per heavy atom. The first-order valence-electron chi connectivity index (χ1n) is 13.5. The lowest BCUT2D eigenvalue weighted by molar-refractivity contribution is -0.141. The standard InChI is InChI=1S/C30H46O4/c1-18(17-31)9-8-10-19(2)20-11-14-29(6)26-21(32)15-23-27(3,4)24(34)12-13-28(23,5)25(26)22(33)16-30(20,29)7/h9,19-20,23-24,31,34H,8,10-17H2,1-7H3/b18-9+/t19-,20-,23+,24+,28+,29+,30-/m1/s1. The van der Waals surface area contributed by atoms with Crippen molar-refractivity contribution in [3.63, 3.8) is 0 Å². The van der Waals surface area contributed by atoms with Crippen LogP contribution in [0.15, 0.2) is 22.8 Å². The zero-order valence-corrected chi connectivity index (χ0v) is 22.5. The molecular formula is C30H46O4. The van der Waals surface area contributed by atoms with Crippen molar-refractivity contribution in [1.29, 1.82) is 0 Å². The smallest absolute Gasteiger partial charge is 0.160 e. The summed E-state index contributed by atoms with van der Waals surface area (Å²) in [6.45, 7) is 15.3.